The number of ether oxygens (including phenoxy) is 1. The number of sulfone groups is 2. The zero-order chi connectivity index (χ0) is 21.1. The molecule has 29 heavy (non-hydrogen) atoms. The SMILES string of the molecule is CCOc1ccc(S(=O)(=O)C2CS(=O)(=O)CC2NCCc2ccc(Cl)cc2)cc1. The molecule has 2 aromatic carbocycles. The van der Waals surface area contributed by atoms with E-state index in [4.69, 9.17) is 16.3 Å². The average molecular weight is 458 g/mol. The average Bonchev–Trinajstić information content (AvgIpc) is 2.99. The third kappa shape index (κ3) is 5.51. The summed E-state index contributed by atoms with van der Waals surface area (Å²) in [6.07, 6.45) is 0.642. The van der Waals surface area contributed by atoms with E-state index < -0.39 is 31.0 Å². The number of halogens is 1. The Morgan fingerprint density at radius 1 is 1.07 bits per heavy atom. The van der Waals surface area contributed by atoms with Crippen LogP contribution in [0.2, 0.25) is 5.02 Å². The summed E-state index contributed by atoms with van der Waals surface area (Å²) in [6, 6.07) is 12.8. The Bertz CT molecular complexity index is 1040. The van der Waals surface area contributed by atoms with E-state index in [1.165, 1.54) is 12.1 Å². The van der Waals surface area contributed by atoms with Crippen LogP contribution >= 0.6 is 11.6 Å². The molecule has 1 saturated heterocycles. The minimum atomic E-state index is -3.81. The lowest BCUT2D eigenvalue weighted by Gasteiger charge is -2.20. The third-order valence-electron chi connectivity index (χ3n) is 4.90. The minimum Gasteiger partial charge on any atom is -0.494 e. The lowest BCUT2D eigenvalue weighted by atomic mass is 10.1. The molecule has 2 atom stereocenters. The fraction of sp³-hybridized carbons (Fsp3) is 0.400. The van der Waals surface area contributed by atoms with Crippen LogP contribution in [0.15, 0.2) is 53.4 Å². The van der Waals surface area contributed by atoms with E-state index in [1.807, 2.05) is 19.1 Å². The molecule has 1 aliphatic heterocycles. The second-order valence-electron chi connectivity index (χ2n) is 7.00. The van der Waals surface area contributed by atoms with Gasteiger partial charge in [0.25, 0.3) is 0 Å². The van der Waals surface area contributed by atoms with E-state index in [2.05, 4.69) is 5.32 Å². The van der Waals surface area contributed by atoms with Crippen LogP contribution in [0.3, 0.4) is 0 Å². The Morgan fingerprint density at radius 2 is 1.72 bits per heavy atom. The molecule has 1 N–H and O–H groups in total. The van der Waals surface area contributed by atoms with Gasteiger partial charge in [-0.15, -0.1) is 0 Å². The minimum absolute atomic E-state index is 0.104. The van der Waals surface area contributed by atoms with E-state index >= 15 is 0 Å². The van der Waals surface area contributed by atoms with Crippen molar-refractivity contribution in [2.45, 2.75) is 29.5 Å². The summed E-state index contributed by atoms with van der Waals surface area (Å²) in [6.45, 7) is 2.79. The Balaban J connectivity index is 1.73. The van der Waals surface area contributed by atoms with Crippen molar-refractivity contribution in [2.75, 3.05) is 24.7 Å². The predicted molar refractivity (Wildman–Crippen MR) is 114 cm³/mol. The van der Waals surface area contributed by atoms with Gasteiger partial charge < -0.3 is 10.1 Å². The maximum absolute atomic E-state index is 13.1. The second kappa shape index (κ2) is 9.04. The second-order valence-corrected chi connectivity index (χ2v) is 11.8. The summed E-state index contributed by atoms with van der Waals surface area (Å²) in [4.78, 5) is 0.104. The van der Waals surface area contributed by atoms with Crippen molar-refractivity contribution in [1.29, 1.82) is 0 Å². The molecule has 6 nitrogen and oxygen atoms in total. The maximum Gasteiger partial charge on any atom is 0.183 e. The number of benzene rings is 2. The summed E-state index contributed by atoms with van der Waals surface area (Å²) < 4.78 is 56.0. The zero-order valence-electron chi connectivity index (χ0n) is 16.0. The van der Waals surface area contributed by atoms with E-state index in [9.17, 15) is 16.8 Å². The lowest BCUT2D eigenvalue weighted by molar-refractivity contribution is 0.340. The molecule has 0 bridgehead atoms. The van der Waals surface area contributed by atoms with Gasteiger partial charge in [-0.05, 0) is 61.9 Å². The van der Waals surface area contributed by atoms with Crippen molar-refractivity contribution >= 4 is 31.3 Å². The van der Waals surface area contributed by atoms with Crippen molar-refractivity contribution in [2.24, 2.45) is 0 Å². The highest BCUT2D eigenvalue weighted by molar-refractivity contribution is 7.96. The first-order valence-electron chi connectivity index (χ1n) is 9.36. The zero-order valence-corrected chi connectivity index (χ0v) is 18.4. The third-order valence-corrected chi connectivity index (χ3v) is 9.31. The quantitative estimate of drug-likeness (QED) is 0.655. The Labute approximate surface area is 177 Å². The molecule has 3 rings (SSSR count). The van der Waals surface area contributed by atoms with Crippen molar-refractivity contribution in [3.63, 3.8) is 0 Å². The summed E-state index contributed by atoms with van der Waals surface area (Å²) in [5.74, 6) is 0.0125. The molecule has 2 aromatic rings. The summed E-state index contributed by atoms with van der Waals surface area (Å²) in [7, 11) is -7.24. The van der Waals surface area contributed by atoms with E-state index in [-0.39, 0.29) is 16.4 Å². The van der Waals surface area contributed by atoms with Gasteiger partial charge in [-0.25, -0.2) is 16.8 Å². The lowest BCUT2D eigenvalue weighted by Crippen LogP contribution is -2.44. The van der Waals surface area contributed by atoms with Gasteiger partial charge in [0, 0.05) is 11.1 Å². The van der Waals surface area contributed by atoms with Crippen LogP contribution in [0, 0.1) is 0 Å². The molecule has 0 aliphatic carbocycles. The van der Waals surface area contributed by atoms with Gasteiger partial charge in [0.05, 0.1) is 28.3 Å². The molecule has 1 fully saturated rings. The highest BCUT2D eigenvalue weighted by atomic mass is 35.5. The van der Waals surface area contributed by atoms with Crippen molar-refractivity contribution in [1.82, 2.24) is 5.32 Å². The highest BCUT2D eigenvalue weighted by Gasteiger charge is 2.45. The van der Waals surface area contributed by atoms with Gasteiger partial charge in [-0.2, -0.15) is 0 Å². The standard InChI is InChI=1S/C20H24ClNO5S2/c1-2-27-17-7-9-18(10-8-17)29(25,26)20-14-28(23,24)13-19(20)22-12-11-15-3-5-16(21)6-4-15/h3-10,19-20,22H,2,11-14H2,1H3. The largest absolute Gasteiger partial charge is 0.494 e. The summed E-state index contributed by atoms with van der Waals surface area (Å²) in [5.41, 5.74) is 1.04. The van der Waals surface area contributed by atoms with Crippen LogP contribution < -0.4 is 10.1 Å². The maximum atomic E-state index is 13.1. The van der Waals surface area contributed by atoms with E-state index in [1.54, 1.807) is 24.3 Å². The van der Waals surface area contributed by atoms with Crippen LogP contribution in [0.5, 0.6) is 5.75 Å². The van der Waals surface area contributed by atoms with Crippen molar-refractivity contribution < 1.29 is 21.6 Å². The summed E-state index contributed by atoms with van der Waals surface area (Å²) in [5, 5.41) is 2.77. The Morgan fingerprint density at radius 3 is 2.34 bits per heavy atom. The van der Waals surface area contributed by atoms with Gasteiger partial charge in [0.15, 0.2) is 19.7 Å². The van der Waals surface area contributed by atoms with Gasteiger partial charge in [0.2, 0.25) is 0 Å². The molecular formula is C20H24ClNO5S2. The molecule has 2 unspecified atom stereocenters. The fourth-order valence-electron chi connectivity index (χ4n) is 3.43. The van der Waals surface area contributed by atoms with Gasteiger partial charge >= 0.3 is 0 Å². The van der Waals surface area contributed by atoms with Gasteiger partial charge in [0.1, 0.15) is 5.75 Å². The van der Waals surface area contributed by atoms with Crippen LogP contribution in [0.25, 0.3) is 0 Å². The number of rotatable bonds is 8. The molecule has 9 heteroatoms. The molecule has 158 valence electrons. The monoisotopic (exact) mass is 457 g/mol. The molecule has 0 saturated carbocycles. The number of hydrogen-bond donors (Lipinski definition) is 1. The number of hydrogen-bond acceptors (Lipinski definition) is 6. The molecule has 0 aromatic heterocycles. The van der Waals surface area contributed by atoms with Gasteiger partial charge in [-0.3, -0.25) is 0 Å². The van der Waals surface area contributed by atoms with E-state index in [0.29, 0.717) is 30.3 Å². The number of nitrogens with one attached hydrogen (secondary N) is 1. The topological polar surface area (TPSA) is 89.5 Å². The molecule has 1 aliphatic rings. The molecule has 0 spiro atoms. The van der Waals surface area contributed by atoms with Crippen molar-refractivity contribution in [3.05, 3.63) is 59.1 Å². The smallest absolute Gasteiger partial charge is 0.183 e. The summed E-state index contributed by atoms with van der Waals surface area (Å²) >= 11 is 5.88. The normalized spacial score (nSPS) is 21.2. The van der Waals surface area contributed by atoms with Crippen LogP contribution in [0.1, 0.15) is 12.5 Å². The first-order valence-corrected chi connectivity index (χ1v) is 13.1. The van der Waals surface area contributed by atoms with Crippen LogP contribution in [0.4, 0.5) is 0 Å². The molecule has 1 heterocycles. The van der Waals surface area contributed by atoms with Crippen molar-refractivity contribution in [3.8, 4) is 5.75 Å². The fourth-order valence-corrected chi connectivity index (χ4v) is 8.27. The van der Waals surface area contributed by atoms with E-state index in [0.717, 1.165) is 5.56 Å². The van der Waals surface area contributed by atoms with Crippen LogP contribution in [-0.2, 0) is 26.1 Å². The molecule has 0 radical (unpaired) electrons. The first-order chi connectivity index (χ1) is 13.7. The molecular weight excluding hydrogens is 434 g/mol. The first kappa shape index (κ1) is 22.1. The Kier molecular flexibility index (Phi) is 6.88. The highest BCUT2D eigenvalue weighted by Crippen LogP contribution is 2.27. The van der Waals surface area contributed by atoms with Crippen LogP contribution in [-0.4, -0.2) is 52.8 Å². The Hall–Kier alpha value is -1.61. The van der Waals surface area contributed by atoms with Gasteiger partial charge in [-0.1, -0.05) is 23.7 Å². The molecule has 0 amide bonds. The predicted octanol–water partition coefficient (Wildman–Crippen LogP) is 2.51.